The molecule has 2 amide bonds. The third-order valence-corrected chi connectivity index (χ3v) is 8.76. The Morgan fingerprint density at radius 3 is 2.24 bits per heavy atom. The minimum absolute atomic E-state index is 0.0694. The van der Waals surface area contributed by atoms with Crippen molar-refractivity contribution in [2.75, 3.05) is 74.1 Å². The summed E-state index contributed by atoms with van der Waals surface area (Å²) in [6.07, 6.45) is 2.49. The number of ether oxygens (including phenoxy) is 6. The summed E-state index contributed by atoms with van der Waals surface area (Å²) in [4.78, 5) is 28.6. The number of aromatic nitrogens is 1. The molecule has 4 aromatic carbocycles. The van der Waals surface area contributed by atoms with E-state index in [1.807, 2.05) is 32.9 Å². The zero-order chi connectivity index (χ0) is 44.4. The van der Waals surface area contributed by atoms with Gasteiger partial charge in [0.1, 0.15) is 42.0 Å². The maximum atomic E-state index is 13.6. The van der Waals surface area contributed by atoms with Crippen LogP contribution in [-0.2, 0) is 29.7 Å². The molecule has 0 atom stereocenters. The van der Waals surface area contributed by atoms with E-state index in [4.69, 9.17) is 37.6 Å². The number of methoxy groups -OCH3 is 2. The molecule has 0 saturated heterocycles. The first-order chi connectivity index (χ1) is 28.8. The van der Waals surface area contributed by atoms with E-state index in [1.54, 1.807) is 60.8 Å². The molecule has 1 heterocycles. The van der Waals surface area contributed by atoms with Gasteiger partial charge in [-0.1, -0.05) is 45.0 Å². The van der Waals surface area contributed by atoms with E-state index >= 15 is 0 Å². The molecule has 5 N–H and O–H groups in total. The van der Waals surface area contributed by atoms with Gasteiger partial charge in [-0.25, -0.2) is 23.0 Å². The fraction of sp³-hybridized carbons (Fsp3) is 0.293. The molecule has 16 nitrogen and oxygen atoms in total. The highest BCUT2D eigenvalue weighted by Gasteiger charge is 2.23. The third-order valence-electron chi connectivity index (χ3n) is 8.17. The van der Waals surface area contributed by atoms with E-state index in [1.165, 1.54) is 19.2 Å². The van der Waals surface area contributed by atoms with E-state index in [2.05, 4.69) is 25.7 Å². The number of hydrogen-bond donors (Lipinski definition) is 5. The number of urea groups is 1. The molecule has 1 aromatic heterocycles. The Morgan fingerprint density at radius 2 is 1.52 bits per heavy atom. The predicted molar refractivity (Wildman–Crippen MR) is 222 cm³/mol. The molecule has 0 radical (unpaired) electrons. The van der Waals surface area contributed by atoms with Crippen LogP contribution in [0.5, 0.6) is 28.7 Å². The number of carbonyl (C=O) groups is 2. The van der Waals surface area contributed by atoms with Gasteiger partial charge >= 0.3 is 12.0 Å². The summed E-state index contributed by atoms with van der Waals surface area (Å²) in [7, 11) is -5.32. The summed E-state index contributed by atoms with van der Waals surface area (Å²) in [6, 6.07) is 21.4. The summed E-state index contributed by atoms with van der Waals surface area (Å²) in [5.74, 6) is 0.971. The maximum Gasteiger partial charge on any atom is 0.329 e. The summed E-state index contributed by atoms with van der Waals surface area (Å²) in [6.45, 7) is 6.08. The summed E-state index contributed by atoms with van der Waals surface area (Å²) in [5, 5.41) is 18.6. The lowest BCUT2D eigenvalue weighted by molar-refractivity contribution is -0.142. The summed E-state index contributed by atoms with van der Waals surface area (Å²) >= 11 is 0. The van der Waals surface area contributed by atoms with Gasteiger partial charge in [0.2, 0.25) is 10.0 Å². The Morgan fingerprint density at radius 1 is 0.810 bits per heavy atom. The number of amides is 2. The van der Waals surface area contributed by atoms with Gasteiger partial charge in [0.15, 0.2) is 5.75 Å². The maximum absolute atomic E-state index is 13.6. The van der Waals surface area contributed by atoms with E-state index < -0.39 is 34.5 Å². The largest absolute Gasteiger partial charge is 0.497 e. The molecular weight excluding hydrogens is 771 g/mol. The third kappa shape index (κ3) is 12.3. The predicted octanol–water partition coefficient (Wildman–Crippen LogP) is 7.60. The van der Waals surface area contributed by atoms with Crippen molar-refractivity contribution in [3.63, 3.8) is 0 Å². The van der Waals surface area contributed by atoms with Crippen molar-refractivity contribution in [3.05, 3.63) is 90.6 Å². The van der Waals surface area contributed by atoms with Crippen LogP contribution in [0.1, 0.15) is 30.4 Å². The molecular formula is C41H47N5O11S. The minimum Gasteiger partial charge on any atom is -0.497 e. The number of nitrogens with zero attached hydrogens (tertiary/aromatic N) is 1. The average Bonchev–Trinajstić information content (AvgIpc) is 3.16. The molecule has 0 spiro atoms. The van der Waals surface area contributed by atoms with E-state index in [-0.39, 0.29) is 50.2 Å². The first kappa shape index (κ1) is 38.6. The number of rotatable bonds is 19. The van der Waals surface area contributed by atoms with Crippen LogP contribution in [0.15, 0.2) is 85.1 Å². The second kappa shape index (κ2) is 19.2. The molecule has 0 fully saturated rings. The zero-order valence-corrected chi connectivity index (χ0v) is 33.3. The molecule has 17 heteroatoms. The van der Waals surface area contributed by atoms with Gasteiger partial charge in [-0.2, -0.15) is 0 Å². The number of nitrogens with one attached hydrogen (secondary N) is 4. The second-order valence-corrected chi connectivity index (χ2v) is 15.5. The number of anilines is 5. The summed E-state index contributed by atoms with van der Waals surface area (Å²) in [5.41, 5.74) is 0.847. The van der Waals surface area contributed by atoms with E-state index in [9.17, 15) is 18.0 Å². The van der Waals surface area contributed by atoms with Crippen molar-refractivity contribution >= 4 is 61.4 Å². The molecule has 0 saturated carbocycles. The van der Waals surface area contributed by atoms with Gasteiger partial charge in [0.25, 0.3) is 0 Å². The smallest absolute Gasteiger partial charge is 0.329 e. The number of carboxylic acid groups (broad SMARTS) is 1. The van der Waals surface area contributed by atoms with Gasteiger partial charge in [-0.3, -0.25) is 4.72 Å². The molecule has 0 aliphatic heterocycles. The minimum atomic E-state index is -3.88. The van der Waals surface area contributed by atoms with Crippen LogP contribution in [0.25, 0.3) is 10.8 Å². The SMILES string of the molecule is [2H]C([2H])([2H])Oc1c(NC(=O)Nc2ccc(Oc3ccnc(Nc4cc(OC)cc(OCCOCCOCC(=O)O)c4)c3)c3ccccc23)cc(C(C)(C)C)cc1NS(C)(=O)=O. The molecule has 0 unspecified atom stereocenters. The highest BCUT2D eigenvalue weighted by molar-refractivity contribution is 7.92. The Bertz CT molecular complexity index is 2460. The number of carbonyl (C=O) groups excluding carboxylic acids is 1. The highest BCUT2D eigenvalue weighted by atomic mass is 32.2. The van der Waals surface area contributed by atoms with E-state index in [0.29, 0.717) is 56.5 Å². The molecule has 308 valence electrons. The molecule has 58 heavy (non-hydrogen) atoms. The van der Waals surface area contributed by atoms with Crippen molar-refractivity contribution in [2.24, 2.45) is 0 Å². The number of hydrogen-bond acceptors (Lipinski definition) is 12. The van der Waals surface area contributed by atoms with Gasteiger partial charge < -0.3 is 49.5 Å². The highest BCUT2D eigenvalue weighted by Crippen LogP contribution is 2.40. The molecule has 0 aliphatic rings. The van der Waals surface area contributed by atoms with E-state index in [0.717, 1.165) is 6.26 Å². The Balaban J connectivity index is 1.31. The second-order valence-electron chi connectivity index (χ2n) is 13.8. The fourth-order valence-corrected chi connectivity index (χ4v) is 6.10. The van der Waals surface area contributed by atoms with Crippen LogP contribution in [0.2, 0.25) is 0 Å². The van der Waals surface area contributed by atoms with Crippen molar-refractivity contribution < 1.29 is 55.6 Å². The lowest BCUT2D eigenvalue weighted by Crippen LogP contribution is -2.22. The van der Waals surface area contributed by atoms with Crippen LogP contribution in [0.4, 0.5) is 33.4 Å². The standard InChI is InChI=1S/C41H47N5O11S/c1-41(2,3)26-19-34(39(53-5)35(20-26)46-58(6,50)51)45-40(49)44-33-11-12-36(32-10-8-7-9-31(32)33)57-28-13-14-42-37(24-28)43-27-21-29(52-4)23-30(22-27)56-18-17-54-15-16-55-25-38(47)48/h7-14,19-24,46H,15-18,25H2,1-6H3,(H,42,43)(H,47,48)(H2,44,45,49)/i5D3. The molecule has 5 rings (SSSR count). The quantitative estimate of drug-likeness (QED) is 0.0510. The zero-order valence-electron chi connectivity index (χ0n) is 35.5. The van der Waals surface area contributed by atoms with Crippen molar-refractivity contribution in [2.45, 2.75) is 26.2 Å². The number of sulfonamides is 1. The Hall–Kier alpha value is -6.30. The number of carboxylic acids is 1. The van der Waals surface area contributed by atoms with Gasteiger partial charge in [-0.15, -0.1) is 0 Å². The van der Waals surface area contributed by atoms with Gasteiger partial charge in [0, 0.05) is 46.9 Å². The molecule has 0 aliphatic carbocycles. The van der Waals surface area contributed by atoms with Crippen LogP contribution in [0.3, 0.4) is 0 Å². The Kier molecular flexibility index (Phi) is 12.8. The first-order valence-electron chi connectivity index (χ1n) is 19.3. The topological polar surface area (TPSA) is 205 Å². The van der Waals surface area contributed by atoms with Crippen LogP contribution in [-0.4, -0.2) is 83.9 Å². The Labute approximate surface area is 341 Å². The average molecular weight is 821 g/mol. The van der Waals surface area contributed by atoms with Crippen LogP contribution >= 0.6 is 0 Å². The van der Waals surface area contributed by atoms with Crippen LogP contribution in [0, 0.1) is 0 Å². The number of fused-ring (bicyclic) bond motifs is 1. The van der Waals surface area contributed by atoms with Gasteiger partial charge in [-0.05, 0) is 41.3 Å². The van der Waals surface area contributed by atoms with Crippen LogP contribution < -0.4 is 39.6 Å². The molecule has 0 bridgehead atoms. The fourth-order valence-electron chi connectivity index (χ4n) is 5.55. The number of aliphatic carboxylic acids is 1. The molecule has 5 aromatic rings. The number of pyridine rings is 1. The monoisotopic (exact) mass is 820 g/mol. The van der Waals surface area contributed by atoms with Crippen molar-refractivity contribution in [1.29, 1.82) is 0 Å². The van der Waals surface area contributed by atoms with Crippen molar-refractivity contribution in [1.82, 2.24) is 4.98 Å². The number of benzene rings is 4. The summed E-state index contributed by atoms with van der Waals surface area (Å²) < 4.78 is 83.2. The first-order valence-corrected chi connectivity index (χ1v) is 19.7. The lowest BCUT2D eigenvalue weighted by atomic mass is 9.86. The van der Waals surface area contributed by atoms with Gasteiger partial charge in [0.05, 0.1) is 61.4 Å². The normalized spacial score (nSPS) is 12.4. The van der Waals surface area contributed by atoms with Crippen molar-refractivity contribution in [3.8, 4) is 28.7 Å². The lowest BCUT2D eigenvalue weighted by Gasteiger charge is -2.24.